The molecule has 0 aliphatic carbocycles. The van der Waals surface area contributed by atoms with E-state index >= 15 is 0 Å². The average molecular weight is 740 g/mol. The number of unbranched alkanes of at least 4 members (excludes halogenated alkanes) is 6. The van der Waals surface area contributed by atoms with E-state index in [0.29, 0.717) is 39.6 Å². The van der Waals surface area contributed by atoms with Gasteiger partial charge < -0.3 is 46.4 Å². The summed E-state index contributed by atoms with van der Waals surface area (Å²) in [5, 5.41) is 16.1. The maximum atomic E-state index is 10.2. The molecular weight excluding hydrogens is 668 g/mol. The van der Waals surface area contributed by atoms with Gasteiger partial charge in [-0.05, 0) is 66.2 Å². The molecule has 4 N–H and O–H groups in total. The number of aliphatic hydroxyl groups is 2. The zero-order valence-corrected chi connectivity index (χ0v) is 34.1. The summed E-state index contributed by atoms with van der Waals surface area (Å²) in [7, 11) is -6.72. The summed E-state index contributed by atoms with van der Waals surface area (Å²) >= 11 is 0. The molecule has 0 amide bonds. The van der Waals surface area contributed by atoms with Crippen LogP contribution in [0.4, 0.5) is 0 Å². The van der Waals surface area contributed by atoms with Gasteiger partial charge in [0.15, 0.2) is 0 Å². The first-order valence-electron chi connectivity index (χ1n) is 16.5. The molecule has 0 spiro atoms. The van der Waals surface area contributed by atoms with Crippen LogP contribution < -0.4 is 0 Å². The Labute approximate surface area is 287 Å². The predicted molar refractivity (Wildman–Crippen MR) is 176 cm³/mol. The standard InChI is InChI=1S/2C12H28O4Si.2C3H8O.Zr/c2*1-4-7-10-14-17(13,15-11-8-5-2)16-12-9-6-3;2*1-3(2)4;/h2*13H,4-12H2,1-3H3;2*3-4H,1-2H3;. The van der Waals surface area contributed by atoms with Gasteiger partial charge in [0.25, 0.3) is 0 Å². The SMILES string of the molecule is CC(C)O.CC(C)O.CCCCO[Si](O)(OCCCC)OCCCC.CCCCO[Si](O)(OCCCC)OCCCC.[Zr]. The van der Waals surface area contributed by atoms with Crippen LogP contribution >= 0.6 is 0 Å². The summed E-state index contributed by atoms with van der Waals surface area (Å²) in [6.07, 6.45) is 11.4. The van der Waals surface area contributed by atoms with Crippen molar-refractivity contribution in [2.75, 3.05) is 39.6 Å². The molecule has 0 aliphatic rings. The van der Waals surface area contributed by atoms with E-state index in [1.54, 1.807) is 27.7 Å². The molecule has 0 atom stereocenters. The van der Waals surface area contributed by atoms with Crippen LogP contribution in [0.15, 0.2) is 0 Å². The van der Waals surface area contributed by atoms with Crippen LogP contribution in [0.25, 0.3) is 0 Å². The summed E-state index contributed by atoms with van der Waals surface area (Å²) in [5.41, 5.74) is 0. The first-order chi connectivity index (χ1) is 19.8. The van der Waals surface area contributed by atoms with Gasteiger partial charge in [0, 0.05) is 78.1 Å². The predicted octanol–water partition coefficient (Wildman–Crippen LogP) is 6.50. The van der Waals surface area contributed by atoms with Crippen molar-refractivity contribution in [2.24, 2.45) is 0 Å². The van der Waals surface area contributed by atoms with Crippen LogP contribution in [0.5, 0.6) is 0 Å². The molecule has 0 heterocycles. The fourth-order valence-corrected chi connectivity index (χ4v) is 5.24. The normalized spacial score (nSPS) is 11.2. The topological polar surface area (TPSA) is 136 Å². The Hall–Kier alpha value is 0.917. The monoisotopic (exact) mass is 738 g/mol. The van der Waals surface area contributed by atoms with E-state index in [9.17, 15) is 9.59 Å². The molecule has 0 fully saturated rings. The first kappa shape index (κ1) is 53.4. The van der Waals surface area contributed by atoms with E-state index < -0.39 is 18.1 Å². The van der Waals surface area contributed by atoms with Gasteiger partial charge in [0.05, 0.1) is 0 Å². The molecule has 13 heteroatoms. The summed E-state index contributed by atoms with van der Waals surface area (Å²) in [6, 6.07) is 0. The van der Waals surface area contributed by atoms with Crippen LogP contribution in [0.1, 0.15) is 146 Å². The van der Waals surface area contributed by atoms with E-state index in [0.717, 1.165) is 77.0 Å². The minimum atomic E-state index is -3.36. The number of hydrogen-bond acceptors (Lipinski definition) is 10. The Morgan fingerprint density at radius 1 is 0.395 bits per heavy atom. The van der Waals surface area contributed by atoms with E-state index in [2.05, 4.69) is 41.5 Å². The third-order valence-corrected chi connectivity index (χ3v) is 8.11. The maximum absolute atomic E-state index is 10.2. The molecule has 0 unspecified atom stereocenters. The molecule has 0 aliphatic heterocycles. The van der Waals surface area contributed by atoms with Gasteiger partial charge in [-0.25, -0.2) is 0 Å². The molecule has 43 heavy (non-hydrogen) atoms. The Morgan fingerprint density at radius 3 is 0.605 bits per heavy atom. The van der Waals surface area contributed by atoms with Crippen molar-refractivity contribution in [1.82, 2.24) is 0 Å². The molecule has 0 aromatic rings. The molecule has 0 saturated carbocycles. The summed E-state index contributed by atoms with van der Waals surface area (Å²) < 4.78 is 32.5. The van der Waals surface area contributed by atoms with Gasteiger partial charge in [-0.3, -0.25) is 0 Å². The van der Waals surface area contributed by atoms with Crippen LogP contribution in [0.3, 0.4) is 0 Å². The second-order valence-electron chi connectivity index (χ2n) is 10.4. The molecule has 0 aromatic carbocycles. The Morgan fingerprint density at radius 2 is 0.512 bits per heavy atom. The van der Waals surface area contributed by atoms with Gasteiger partial charge >= 0.3 is 18.1 Å². The van der Waals surface area contributed by atoms with Crippen molar-refractivity contribution in [2.45, 2.75) is 158 Å². The van der Waals surface area contributed by atoms with Crippen molar-refractivity contribution in [3.63, 3.8) is 0 Å². The van der Waals surface area contributed by atoms with Gasteiger partial charge in [-0.1, -0.05) is 80.1 Å². The average Bonchev–Trinajstić information content (AvgIpc) is 2.90. The van der Waals surface area contributed by atoms with Gasteiger partial charge in [0.1, 0.15) is 0 Å². The minimum Gasteiger partial charge on any atom is -0.394 e. The van der Waals surface area contributed by atoms with Crippen molar-refractivity contribution >= 4 is 18.1 Å². The van der Waals surface area contributed by atoms with Gasteiger partial charge in [0.2, 0.25) is 0 Å². The fourth-order valence-electron chi connectivity index (χ4n) is 2.32. The fraction of sp³-hybridized carbons (Fsp3) is 1.00. The maximum Gasteiger partial charge on any atom is 0.676 e. The molecule has 0 saturated heterocycles. The third-order valence-electron chi connectivity index (χ3n) is 4.69. The van der Waals surface area contributed by atoms with Crippen molar-refractivity contribution in [3.05, 3.63) is 0 Å². The summed E-state index contributed by atoms with van der Waals surface area (Å²) in [4.78, 5) is 20.3. The second-order valence-corrected chi connectivity index (χ2v) is 14.3. The van der Waals surface area contributed by atoms with E-state index in [1.807, 2.05) is 0 Å². The van der Waals surface area contributed by atoms with E-state index in [4.69, 9.17) is 36.8 Å². The third kappa shape index (κ3) is 52.7. The Bertz CT molecular complexity index is 395. The van der Waals surface area contributed by atoms with Crippen LogP contribution in [0.2, 0.25) is 0 Å². The number of rotatable bonds is 24. The van der Waals surface area contributed by atoms with Crippen LogP contribution in [0, 0.1) is 0 Å². The Balaban J connectivity index is -0.000000175. The quantitative estimate of drug-likeness (QED) is 0.0642. The zero-order valence-electron chi connectivity index (χ0n) is 29.6. The molecule has 0 rings (SSSR count). The van der Waals surface area contributed by atoms with Crippen LogP contribution in [-0.4, -0.2) is 89.7 Å². The second kappa shape index (κ2) is 40.9. The molecule has 0 radical (unpaired) electrons. The molecule has 0 aromatic heterocycles. The smallest absolute Gasteiger partial charge is 0.394 e. The van der Waals surface area contributed by atoms with Gasteiger partial charge in [-0.2, -0.15) is 0 Å². The minimum absolute atomic E-state index is 0. The van der Waals surface area contributed by atoms with Crippen molar-refractivity contribution in [3.8, 4) is 0 Å². The molecular formula is C30H72O10Si2Zr. The van der Waals surface area contributed by atoms with Crippen LogP contribution in [-0.2, 0) is 52.8 Å². The molecule has 264 valence electrons. The molecule has 0 bridgehead atoms. The Kier molecular flexibility index (Phi) is 50.9. The molecule has 10 nitrogen and oxygen atoms in total. The van der Waals surface area contributed by atoms with E-state index in [1.165, 1.54) is 0 Å². The summed E-state index contributed by atoms with van der Waals surface area (Å²) in [5.74, 6) is 0. The van der Waals surface area contributed by atoms with Crippen molar-refractivity contribution < 1.29 is 72.6 Å². The first-order valence-corrected chi connectivity index (χ1v) is 19.8. The zero-order chi connectivity index (χ0) is 33.1. The largest absolute Gasteiger partial charge is 0.676 e. The summed E-state index contributed by atoms with van der Waals surface area (Å²) in [6.45, 7) is 22.5. The van der Waals surface area contributed by atoms with E-state index in [-0.39, 0.29) is 38.4 Å². The number of aliphatic hydroxyl groups excluding tert-OH is 2. The number of hydrogen-bond donors (Lipinski definition) is 4. The van der Waals surface area contributed by atoms with Gasteiger partial charge in [-0.15, -0.1) is 0 Å². The van der Waals surface area contributed by atoms with Crippen molar-refractivity contribution in [1.29, 1.82) is 0 Å².